The van der Waals surface area contributed by atoms with Gasteiger partial charge < -0.3 is 14.9 Å². The Labute approximate surface area is 368 Å². The number of nitrogens with one attached hydrogen (secondary N) is 2. The second-order valence-corrected chi connectivity index (χ2v) is 14.7. The predicted octanol–water partition coefficient (Wildman–Crippen LogP) is 8.82. The molecule has 0 saturated carbocycles. The highest BCUT2D eigenvalue weighted by atomic mass is 16.5. The molecule has 7 aromatic carbocycles. The predicted molar refractivity (Wildman–Crippen MR) is 240 cm³/mol. The van der Waals surface area contributed by atoms with Gasteiger partial charge in [-0.05, 0) is 60.7 Å². The number of hydrogen-bond acceptors (Lipinski definition) is 10. The fourth-order valence-corrected chi connectivity index (χ4v) is 7.70. The van der Waals surface area contributed by atoms with Gasteiger partial charge in [-0.3, -0.25) is 29.1 Å². The van der Waals surface area contributed by atoms with Crippen molar-refractivity contribution in [3.63, 3.8) is 0 Å². The second kappa shape index (κ2) is 16.4. The molecule has 14 heteroatoms. The lowest BCUT2D eigenvalue weighted by molar-refractivity contribution is 0.0980. The van der Waals surface area contributed by atoms with Crippen LogP contribution in [0.5, 0.6) is 11.8 Å². The minimum absolute atomic E-state index is 0.00599. The monoisotopic (exact) mass is 853 g/mol. The molecule has 1 heterocycles. The third-order valence-electron chi connectivity index (χ3n) is 10.7. The summed E-state index contributed by atoms with van der Waals surface area (Å²) in [5.41, 5.74) is 1.69. The Hall–Kier alpha value is -9.43. The van der Waals surface area contributed by atoms with Crippen molar-refractivity contribution in [2.24, 2.45) is 20.0 Å². The number of aliphatic hydroxyl groups excluding tert-OH is 2. The molecule has 312 valence electrons. The minimum atomic E-state index is -0.498. The van der Waals surface area contributed by atoms with E-state index < -0.39 is 23.1 Å². The molecule has 0 radical (unpaired) electrons. The highest BCUT2D eigenvalue weighted by molar-refractivity contribution is 6.32. The molecular formula is C51H31N7O7. The average Bonchev–Trinajstić information content (AvgIpc) is 3.33. The number of carbonyl (C=O) groups excluding carboxylic acids is 4. The van der Waals surface area contributed by atoms with Crippen molar-refractivity contribution in [1.82, 2.24) is 15.0 Å². The van der Waals surface area contributed by atoms with Crippen molar-refractivity contribution in [2.75, 3.05) is 0 Å². The van der Waals surface area contributed by atoms with Crippen LogP contribution in [0.25, 0.3) is 0 Å². The topological polar surface area (TPSA) is 212 Å². The molecule has 2 aliphatic rings. The van der Waals surface area contributed by atoms with Crippen LogP contribution in [0.3, 0.4) is 0 Å². The highest BCUT2D eigenvalue weighted by Gasteiger charge is 2.35. The summed E-state index contributed by atoms with van der Waals surface area (Å²) in [6, 6.07) is 44.6. The van der Waals surface area contributed by atoms with E-state index in [0.717, 1.165) is 0 Å². The Morgan fingerprint density at radius 2 is 0.815 bits per heavy atom. The molecule has 0 bridgehead atoms. The van der Waals surface area contributed by atoms with Crippen LogP contribution in [0.4, 0.5) is 22.7 Å². The Bertz CT molecular complexity index is 3300. The number of benzene rings is 7. The van der Waals surface area contributed by atoms with E-state index in [1.165, 1.54) is 24.3 Å². The van der Waals surface area contributed by atoms with Crippen LogP contribution in [0.1, 0.15) is 74.8 Å². The SMILES string of the molecule is O=C1c2cccc(N=c3nc(Oc4ccccc4)[nH]c(=Nc4cccc5c4C(=O)c4cccc(N=C(O)c6ccccc6)c4C5=O)[nH]3)c2C(=O)c2cccc(N=C(O)c3ccccc3)c21. The van der Waals surface area contributed by atoms with E-state index in [9.17, 15) is 29.4 Å². The van der Waals surface area contributed by atoms with Crippen LogP contribution in [0.15, 0.2) is 184 Å². The van der Waals surface area contributed by atoms with Crippen molar-refractivity contribution >= 4 is 57.7 Å². The number of hydrogen-bond donors (Lipinski definition) is 4. The molecule has 2 aliphatic carbocycles. The molecule has 10 rings (SSSR count). The van der Waals surface area contributed by atoms with Gasteiger partial charge >= 0.3 is 6.01 Å². The zero-order valence-electron chi connectivity index (χ0n) is 33.8. The summed E-state index contributed by atoms with van der Waals surface area (Å²) < 4.78 is 6.07. The first kappa shape index (κ1) is 39.7. The first-order valence-corrected chi connectivity index (χ1v) is 20.1. The van der Waals surface area contributed by atoms with Gasteiger partial charge in [-0.15, -0.1) is 0 Å². The fraction of sp³-hybridized carbons (Fsp3) is 0. The summed E-state index contributed by atoms with van der Waals surface area (Å²) in [5, 5.41) is 21.6. The van der Waals surface area contributed by atoms with E-state index in [0.29, 0.717) is 16.9 Å². The smallest absolute Gasteiger partial charge is 0.305 e. The largest absolute Gasteiger partial charge is 0.493 e. The summed E-state index contributed by atoms with van der Waals surface area (Å²) in [5.74, 6) is -2.19. The van der Waals surface area contributed by atoms with Gasteiger partial charge in [0, 0.05) is 33.4 Å². The maximum absolute atomic E-state index is 14.3. The van der Waals surface area contributed by atoms with Gasteiger partial charge in [0.25, 0.3) is 0 Å². The number of H-pyrrole nitrogens is 2. The number of fused-ring (bicyclic) bond motifs is 4. The zero-order chi connectivity index (χ0) is 44.6. The van der Waals surface area contributed by atoms with E-state index in [-0.39, 0.29) is 96.3 Å². The molecule has 1 aromatic heterocycles. The van der Waals surface area contributed by atoms with Crippen molar-refractivity contribution < 1.29 is 34.1 Å². The van der Waals surface area contributed by atoms with Crippen LogP contribution < -0.4 is 16.0 Å². The molecule has 4 N–H and O–H groups in total. The molecule has 0 aliphatic heterocycles. The van der Waals surface area contributed by atoms with E-state index in [2.05, 4.69) is 24.9 Å². The lowest BCUT2D eigenvalue weighted by atomic mass is 9.82. The Morgan fingerprint density at radius 1 is 0.431 bits per heavy atom. The standard InChI is InChI=1S/C51H31N7O7/c59-43-33-22-12-26-37(41(33)45(61)31-20-10-24-35(39(31)43)52-47(63)28-14-4-1-5-15-28)54-49-56-50(58-51(57-49)65-30-18-8-3-9-19-30)55-38-27-13-23-34-42(38)46(62)32-21-11-25-36(40(32)44(34)60)53-48(64)29-16-6-2-7-17-29/h1-27H,(H,52,63)(H,53,64)(H2,54,55,56,57,58). The number of aliphatic hydroxyl groups is 2. The number of para-hydroxylation sites is 1. The van der Waals surface area contributed by atoms with Crippen molar-refractivity contribution in [2.45, 2.75) is 0 Å². The molecule has 0 unspecified atom stereocenters. The second-order valence-electron chi connectivity index (χ2n) is 14.7. The summed E-state index contributed by atoms with van der Waals surface area (Å²) >= 11 is 0. The average molecular weight is 854 g/mol. The number of ether oxygens (including phenoxy) is 1. The molecule has 65 heavy (non-hydrogen) atoms. The number of nitrogens with zero attached hydrogens (tertiary/aromatic N) is 5. The van der Waals surface area contributed by atoms with Gasteiger partial charge in [0.05, 0.1) is 45.0 Å². The highest BCUT2D eigenvalue weighted by Crippen LogP contribution is 2.39. The number of aliphatic imine (C=N–C) groups is 2. The molecular weight excluding hydrogens is 823 g/mol. The molecule has 0 saturated heterocycles. The van der Waals surface area contributed by atoms with Crippen LogP contribution in [0, 0.1) is 0 Å². The van der Waals surface area contributed by atoms with E-state index in [4.69, 9.17) is 14.7 Å². The van der Waals surface area contributed by atoms with Gasteiger partial charge in [0.15, 0.2) is 23.1 Å². The van der Waals surface area contributed by atoms with E-state index in [1.54, 1.807) is 133 Å². The lowest BCUT2D eigenvalue weighted by Gasteiger charge is -2.20. The number of aromatic nitrogens is 3. The van der Waals surface area contributed by atoms with Crippen molar-refractivity contribution in [3.8, 4) is 11.8 Å². The molecule has 8 aromatic rings. The summed E-state index contributed by atoms with van der Waals surface area (Å²) in [7, 11) is 0. The maximum atomic E-state index is 14.3. The van der Waals surface area contributed by atoms with E-state index >= 15 is 0 Å². The number of aromatic amines is 2. The fourth-order valence-electron chi connectivity index (χ4n) is 7.70. The van der Waals surface area contributed by atoms with Crippen molar-refractivity contribution in [3.05, 3.63) is 231 Å². The quantitative estimate of drug-likeness (QED) is 0.0855. The number of rotatable bonds is 8. The first-order valence-electron chi connectivity index (χ1n) is 20.1. The van der Waals surface area contributed by atoms with Gasteiger partial charge in [-0.1, -0.05) is 103 Å². The number of ketones is 4. The minimum Gasteiger partial charge on any atom is -0.493 e. The van der Waals surface area contributed by atoms with Crippen LogP contribution >= 0.6 is 0 Å². The molecule has 14 nitrogen and oxygen atoms in total. The first-order chi connectivity index (χ1) is 31.7. The van der Waals surface area contributed by atoms with Crippen molar-refractivity contribution in [1.29, 1.82) is 0 Å². The molecule has 0 spiro atoms. The van der Waals surface area contributed by atoms with Gasteiger partial charge in [0.1, 0.15) is 5.75 Å². The van der Waals surface area contributed by atoms with Crippen LogP contribution in [-0.2, 0) is 0 Å². The Balaban J connectivity index is 1.07. The van der Waals surface area contributed by atoms with E-state index in [1.807, 2.05) is 6.07 Å². The summed E-state index contributed by atoms with van der Waals surface area (Å²) in [6.07, 6.45) is 0. The zero-order valence-corrected chi connectivity index (χ0v) is 33.8. The van der Waals surface area contributed by atoms with Crippen LogP contribution in [-0.4, -0.2) is 60.1 Å². The van der Waals surface area contributed by atoms with Gasteiger partial charge in [-0.2, -0.15) is 4.98 Å². The summed E-state index contributed by atoms with van der Waals surface area (Å²) in [4.78, 5) is 85.7. The van der Waals surface area contributed by atoms with Gasteiger partial charge in [-0.25, -0.2) is 20.0 Å². The third-order valence-corrected chi connectivity index (χ3v) is 10.7. The Morgan fingerprint density at radius 3 is 1.26 bits per heavy atom. The van der Waals surface area contributed by atoms with Gasteiger partial charge in [0.2, 0.25) is 23.0 Å². The normalized spacial score (nSPS) is 13.8. The molecule has 0 fully saturated rings. The van der Waals surface area contributed by atoms with Crippen LogP contribution in [0.2, 0.25) is 0 Å². The summed E-state index contributed by atoms with van der Waals surface area (Å²) in [6.45, 7) is 0. The number of carbonyl (C=O) groups is 4. The lowest BCUT2D eigenvalue weighted by Crippen LogP contribution is -2.28. The molecule has 0 atom stereocenters. The maximum Gasteiger partial charge on any atom is 0.305 e. The molecule has 0 amide bonds. The Kier molecular flexibility index (Phi) is 10.0. The third kappa shape index (κ3) is 7.42.